The molecule has 2 atom stereocenters. The van der Waals surface area contributed by atoms with Crippen molar-refractivity contribution >= 4 is 39.4 Å². The molecular weight excluding hydrogens is 561 g/mol. The van der Waals surface area contributed by atoms with Crippen molar-refractivity contribution in [1.29, 1.82) is 5.41 Å². The minimum absolute atomic E-state index is 0.144. The minimum atomic E-state index is -2.94. The van der Waals surface area contributed by atoms with E-state index in [-0.39, 0.29) is 28.8 Å². The Hall–Kier alpha value is -2.92. The van der Waals surface area contributed by atoms with Crippen LogP contribution >= 0.6 is 27.5 Å². The molecule has 1 aliphatic rings. The number of nitrogens with one attached hydrogen (secondary N) is 2. The highest BCUT2D eigenvalue weighted by molar-refractivity contribution is 9.10. The third-order valence-electron chi connectivity index (χ3n) is 5.86. The van der Waals surface area contributed by atoms with Crippen LogP contribution in [0.15, 0.2) is 53.3 Å². The molecule has 0 bridgehead atoms. The van der Waals surface area contributed by atoms with Crippen LogP contribution in [0.25, 0.3) is 11.4 Å². The summed E-state index contributed by atoms with van der Waals surface area (Å²) in [6.45, 7) is 3.85. The van der Waals surface area contributed by atoms with E-state index in [0.717, 1.165) is 15.7 Å². The Morgan fingerprint density at radius 3 is 2.53 bits per heavy atom. The van der Waals surface area contributed by atoms with E-state index < -0.39 is 29.7 Å². The molecule has 2 N–H and O–H groups in total. The van der Waals surface area contributed by atoms with Crippen LogP contribution in [0.3, 0.4) is 0 Å². The number of aromatic nitrogens is 3. The zero-order chi connectivity index (χ0) is 26.4. The van der Waals surface area contributed by atoms with E-state index in [2.05, 4.69) is 38.3 Å². The summed E-state index contributed by atoms with van der Waals surface area (Å²) in [5.74, 6) is -0.986. The molecule has 1 amide bonds. The lowest BCUT2D eigenvalue weighted by Gasteiger charge is -2.32. The highest BCUT2D eigenvalue weighted by atomic mass is 79.9. The smallest absolute Gasteiger partial charge is 0.335 e. The summed E-state index contributed by atoms with van der Waals surface area (Å²) in [5.41, 5.74) is -2.24. The van der Waals surface area contributed by atoms with Gasteiger partial charge in [0.1, 0.15) is 17.5 Å². The van der Waals surface area contributed by atoms with E-state index in [4.69, 9.17) is 17.0 Å². The van der Waals surface area contributed by atoms with Crippen LogP contribution in [0.1, 0.15) is 44.0 Å². The largest absolute Gasteiger partial charge is 0.338 e. The van der Waals surface area contributed by atoms with E-state index in [9.17, 15) is 18.0 Å². The summed E-state index contributed by atoms with van der Waals surface area (Å²) in [7, 11) is 0. The lowest BCUT2D eigenvalue weighted by atomic mass is 9.81. The van der Waals surface area contributed by atoms with E-state index in [1.54, 1.807) is 30.3 Å². The molecule has 2 heterocycles. The van der Waals surface area contributed by atoms with Crippen molar-refractivity contribution in [3.8, 4) is 11.4 Å². The maximum absolute atomic E-state index is 15.0. The summed E-state index contributed by atoms with van der Waals surface area (Å²) in [4.78, 5) is 18.9. The number of carbonyl (C=O) groups is 1. The fraction of sp³-hybridized carbons (Fsp3) is 0.292. The molecule has 36 heavy (non-hydrogen) atoms. The standard InChI is InChI=1S/C24H22BrClF3N6O/c1-13(14-4-9-18(26)17(10-14)19-31-12-32-35(19)21(27)28)34-20(36)24(33-22(34)30,11-23(2,3)29)15-5-7-16(25)8-6-15/h4-10,12-13,21H,1,11H2,2-3H3,(H2,30,33)/t13-,24+/m0/s1. The molecule has 2 aromatic carbocycles. The van der Waals surface area contributed by atoms with Gasteiger partial charge in [0.05, 0.1) is 11.1 Å². The molecule has 4 rings (SSSR count). The number of amides is 1. The van der Waals surface area contributed by atoms with Gasteiger partial charge in [-0.1, -0.05) is 45.7 Å². The zero-order valence-corrected chi connectivity index (χ0v) is 21.6. The van der Waals surface area contributed by atoms with Crippen LogP contribution < -0.4 is 5.32 Å². The molecule has 1 radical (unpaired) electrons. The summed E-state index contributed by atoms with van der Waals surface area (Å²) in [5, 5.41) is 15.1. The molecule has 0 aliphatic carbocycles. The predicted molar refractivity (Wildman–Crippen MR) is 133 cm³/mol. The van der Waals surface area contributed by atoms with Gasteiger partial charge in [-0.25, -0.2) is 9.37 Å². The first kappa shape index (κ1) is 26.2. The van der Waals surface area contributed by atoms with Gasteiger partial charge in [-0.05, 0) is 56.2 Å². The second-order valence-electron chi connectivity index (χ2n) is 9.02. The van der Waals surface area contributed by atoms with Crippen LogP contribution in [-0.2, 0) is 10.3 Å². The number of hydrogen-bond donors (Lipinski definition) is 2. The summed E-state index contributed by atoms with van der Waals surface area (Å²) < 4.78 is 42.9. The van der Waals surface area contributed by atoms with Crippen molar-refractivity contribution in [2.24, 2.45) is 0 Å². The predicted octanol–water partition coefficient (Wildman–Crippen LogP) is 6.03. The summed E-state index contributed by atoms with van der Waals surface area (Å²) >= 11 is 9.63. The zero-order valence-electron chi connectivity index (χ0n) is 19.3. The highest BCUT2D eigenvalue weighted by Gasteiger charge is 2.54. The Kier molecular flexibility index (Phi) is 6.91. The number of nitrogens with zero attached hydrogens (tertiary/aromatic N) is 4. The second-order valence-corrected chi connectivity index (χ2v) is 10.3. The molecule has 1 fully saturated rings. The van der Waals surface area contributed by atoms with Gasteiger partial charge in [0.15, 0.2) is 11.8 Å². The van der Waals surface area contributed by atoms with Gasteiger partial charge in [-0.2, -0.15) is 18.6 Å². The van der Waals surface area contributed by atoms with Gasteiger partial charge >= 0.3 is 6.55 Å². The quantitative estimate of drug-likeness (QED) is 0.356. The van der Waals surface area contributed by atoms with Crippen molar-refractivity contribution in [2.45, 2.75) is 44.1 Å². The normalized spacial score (nSPS) is 19.2. The van der Waals surface area contributed by atoms with Gasteiger partial charge in [-0.15, -0.1) is 0 Å². The fourth-order valence-electron chi connectivity index (χ4n) is 4.36. The molecule has 7 nitrogen and oxygen atoms in total. The molecule has 189 valence electrons. The number of guanidine groups is 1. The Morgan fingerprint density at radius 2 is 1.92 bits per heavy atom. The Balaban J connectivity index is 1.75. The van der Waals surface area contributed by atoms with Crippen LogP contribution in [0, 0.1) is 12.3 Å². The number of benzene rings is 2. The highest BCUT2D eigenvalue weighted by Crippen LogP contribution is 2.41. The number of carbonyl (C=O) groups excluding carboxylic acids is 1. The first-order chi connectivity index (χ1) is 16.8. The van der Waals surface area contributed by atoms with Crippen LogP contribution in [-0.4, -0.2) is 37.2 Å². The monoisotopic (exact) mass is 581 g/mol. The van der Waals surface area contributed by atoms with Crippen LogP contribution in [0.4, 0.5) is 13.2 Å². The van der Waals surface area contributed by atoms with Crippen molar-refractivity contribution in [3.63, 3.8) is 0 Å². The topological polar surface area (TPSA) is 86.9 Å². The first-order valence-corrected chi connectivity index (χ1v) is 12.0. The van der Waals surface area contributed by atoms with Gasteiger partial charge in [0.2, 0.25) is 0 Å². The minimum Gasteiger partial charge on any atom is -0.338 e. The third-order valence-corrected chi connectivity index (χ3v) is 6.72. The summed E-state index contributed by atoms with van der Waals surface area (Å²) in [6, 6.07) is 10.4. The molecular formula is C24H22BrClF3N6O. The van der Waals surface area contributed by atoms with Crippen LogP contribution in [0.2, 0.25) is 5.02 Å². The molecule has 1 aliphatic heterocycles. The molecule has 3 aromatic rings. The average Bonchev–Trinajstić information content (AvgIpc) is 3.37. The Bertz CT molecular complexity index is 1310. The Labute approximate surface area is 219 Å². The molecule has 0 unspecified atom stereocenters. The van der Waals surface area contributed by atoms with Gasteiger partial charge < -0.3 is 5.32 Å². The second kappa shape index (κ2) is 9.51. The van der Waals surface area contributed by atoms with Gasteiger partial charge in [0.25, 0.3) is 5.91 Å². The number of halogens is 5. The molecule has 0 spiro atoms. The molecule has 1 aromatic heterocycles. The van der Waals surface area contributed by atoms with E-state index >= 15 is 0 Å². The van der Waals surface area contributed by atoms with Crippen molar-refractivity contribution < 1.29 is 18.0 Å². The molecule has 12 heteroatoms. The van der Waals surface area contributed by atoms with Gasteiger partial charge in [0, 0.05) is 16.5 Å². The van der Waals surface area contributed by atoms with E-state index in [0.29, 0.717) is 15.8 Å². The maximum Gasteiger partial charge on any atom is 0.335 e. The van der Waals surface area contributed by atoms with Crippen LogP contribution in [0.5, 0.6) is 0 Å². The molecule has 0 saturated carbocycles. The lowest BCUT2D eigenvalue weighted by Crippen LogP contribution is -2.48. The van der Waals surface area contributed by atoms with Crippen molar-refractivity contribution in [1.82, 2.24) is 25.0 Å². The van der Waals surface area contributed by atoms with Crippen molar-refractivity contribution in [2.75, 3.05) is 0 Å². The maximum atomic E-state index is 15.0. The van der Waals surface area contributed by atoms with E-state index in [1.165, 1.54) is 26.0 Å². The lowest BCUT2D eigenvalue weighted by molar-refractivity contribution is -0.134. The fourth-order valence-corrected chi connectivity index (χ4v) is 4.83. The SMILES string of the molecule is [CH2][C@@H](c1ccc(Cl)c(-c2ncnn2C(F)F)c1)N1C(=N)N[C@](CC(C)(C)F)(c2ccc(Br)cc2)C1=O. The number of hydrogen-bond acceptors (Lipinski definition) is 4. The Morgan fingerprint density at radius 1 is 1.25 bits per heavy atom. The van der Waals surface area contributed by atoms with Gasteiger partial charge in [-0.3, -0.25) is 15.1 Å². The summed E-state index contributed by atoms with van der Waals surface area (Å²) in [6.07, 6.45) is 0.747. The van der Waals surface area contributed by atoms with E-state index in [1.807, 2.05) is 0 Å². The molecule has 1 saturated heterocycles. The number of rotatable bonds is 7. The first-order valence-electron chi connectivity index (χ1n) is 10.8. The number of alkyl halides is 3. The average molecular weight is 583 g/mol. The van der Waals surface area contributed by atoms with Crippen molar-refractivity contribution in [3.05, 3.63) is 76.3 Å². The third kappa shape index (κ3) is 4.73.